The second-order valence-corrected chi connectivity index (χ2v) is 3.55. The molecule has 0 saturated carbocycles. The third-order valence-corrected chi connectivity index (χ3v) is 2.51. The minimum atomic E-state index is 0.781. The fourth-order valence-corrected chi connectivity index (χ4v) is 1.76. The van der Waals surface area contributed by atoms with E-state index >= 15 is 0 Å². The molecule has 2 aromatic rings. The molecule has 2 rings (SSSR count). The maximum Gasteiger partial charge on any atom is 0.0468 e. The lowest BCUT2D eigenvalue weighted by atomic mass is 10.0. The van der Waals surface area contributed by atoms with Crippen molar-refractivity contribution >= 4 is 10.8 Å². The number of hydrogen-bond donors (Lipinski definition) is 0. The highest BCUT2D eigenvalue weighted by Gasteiger charge is 1.99. The molecule has 0 atom stereocenters. The van der Waals surface area contributed by atoms with Gasteiger partial charge in [-0.2, -0.15) is 0 Å². The molecule has 0 saturated heterocycles. The summed E-state index contributed by atoms with van der Waals surface area (Å²) in [4.78, 5) is 0. The smallest absolute Gasteiger partial charge is 0.0468 e. The average Bonchev–Trinajstić information content (AvgIpc) is 2.30. The van der Waals surface area contributed by atoms with Gasteiger partial charge < -0.3 is 4.74 Å². The quantitative estimate of drug-likeness (QED) is 0.685. The van der Waals surface area contributed by atoms with Crippen LogP contribution in [0.25, 0.3) is 10.8 Å². The van der Waals surface area contributed by atoms with E-state index in [-0.39, 0.29) is 0 Å². The van der Waals surface area contributed by atoms with E-state index in [1.165, 1.54) is 16.3 Å². The van der Waals surface area contributed by atoms with Gasteiger partial charge in [0.2, 0.25) is 0 Å². The van der Waals surface area contributed by atoms with Crippen LogP contribution in [0.5, 0.6) is 0 Å². The van der Waals surface area contributed by atoms with E-state index < -0.39 is 0 Å². The summed E-state index contributed by atoms with van der Waals surface area (Å²) >= 11 is 0. The van der Waals surface area contributed by atoms with Crippen LogP contribution in [0.15, 0.2) is 42.5 Å². The van der Waals surface area contributed by atoms with E-state index in [1.807, 2.05) is 0 Å². The van der Waals surface area contributed by atoms with Crippen LogP contribution in [0.3, 0.4) is 0 Å². The Morgan fingerprint density at radius 1 is 1.07 bits per heavy atom. The van der Waals surface area contributed by atoms with Gasteiger partial charge in [-0.15, -0.1) is 0 Å². The Kier molecular flexibility index (Phi) is 3.36. The van der Waals surface area contributed by atoms with Crippen LogP contribution < -0.4 is 0 Å². The summed E-state index contributed by atoms with van der Waals surface area (Å²) in [5.74, 6) is 0. The summed E-state index contributed by atoms with van der Waals surface area (Å²) in [6.45, 7) is 0.781. The molecule has 1 radical (unpaired) electrons. The van der Waals surface area contributed by atoms with Gasteiger partial charge in [0.25, 0.3) is 0 Å². The standard InChI is InChI=1S/C14H15O/c1-15-11-5-9-13-8-4-7-12-6-2-3-10-14(12)13/h2-4,6-10H,5,11H2,1H3. The van der Waals surface area contributed by atoms with Crippen molar-refractivity contribution in [3.63, 3.8) is 0 Å². The topological polar surface area (TPSA) is 9.23 Å². The summed E-state index contributed by atoms with van der Waals surface area (Å²) < 4.78 is 5.04. The van der Waals surface area contributed by atoms with E-state index in [0.29, 0.717) is 0 Å². The van der Waals surface area contributed by atoms with Crippen LogP contribution >= 0.6 is 0 Å². The summed E-state index contributed by atoms with van der Waals surface area (Å²) in [6, 6.07) is 14.8. The molecule has 0 N–H and O–H groups in total. The van der Waals surface area contributed by atoms with Crippen LogP contribution in [0.4, 0.5) is 0 Å². The van der Waals surface area contributed by atoms with Gasteiger partial charge in [0, 0.05) is 13.7 Å². The van der Waals surface area contributed by atoms with Gasteiger partial charge in [0.1, 0.15) is 0 Å². The molecule has 0 unspecified atom stereocenters. The third kappa shape index (κ3) is 2.37. The van der Waals surface area contributed by atoms with E-state index in [1.54, 1.807) is 7.11 Å². The highest BCUT2D eigenvalue weighted by molar-refractivity contribution is 5.86. The average molecular weight is 199 g/mol. The fourth-order valence-electron chi connectivity index (χ4n) is 1.76. The fraction of sp³-hybridized carbons (Fsp3) is 0.214. The summed E-state index contributed by atoms with van der Waals surface area (Å²) in [5, 5.41) is 2.61. The number of hydrogen-bond acceptors (Lipinski definition) is 1. The maximum absolute atomic E-state index is 5.04. The number of fused-ring (bicyclic) bond motifs is 1. The molecule has 0 aliphatic rings. The zero-order valence-electron chi connectivity index (χ0n) is 8.94. The molecular formula is C14H15O. The van der Waals surface area contributed by atoms with Gasteiger partial charge >= 0.3 is 0 Å². The Labute approximate surface area is 90.7 Å². The molecule has 0 fully saturated rings. The minimum Gasteiger partial charge on any atom is -0.385 e. The number of benzene rings is 2. The van der Waals surface area contributed by atoms with Gasteiger partial charge in [-0.3, -0.25) is 0 Å². The third-order valence-electron chi connectivity index (χ3n) is 2.51. The monoisotopic (exact) mass is 199 g/mol. The SMILES string of the molecule is COCC[CH]c1cccc2ccccc12. The van der Waals surface area contributed by atoms with E-state index in [2.05, 4.69) is 48.9 Å². The van der Waals surface area contributed by atoms with Crippen LogP contribution in [-0.4, -0.2) is 13.7 Å². The first-order valence-electron chi connectivity index (χ1n) is 5.22. The molecule has 0 heterocycles. The summed E-state index contributed by atoms with van der Waals surface area (Å²) in [6.07, 6.45) is 3.19. The second kappa shape index (κ2) is 4.94. The molecule has 77 valence electrons. The lowest BCUT2D eigenvalue weighted by Gasteiger charge is -2.05. The molecule has 0 spiro atoms. The van der Waals surface area contributed by atoms with Crippen molar-refractivity contribution in [2.24, 2.45) is 0 Å². The molecule has 15 heavy (non-hydrogen) atoms. The van der Waals surface area contributed by atoms with Crippen molar-refractivity contribution in [3.8, 4) is 0 Å². The number of rotatable bonds is 4. The predicted molar refractivity (Wildman–Crippen MR) is 63.8 cm³/mol. The van der Waals surface area contributed by atoms with Crippen molar-refractivity contribution in [2.45, 2.75) is 6.42 Å². The Bertz CT molecular complexity index is 429. The number of methoxy groups -OCH3 is 1. The van der Waals surface area contributed by atoms with Crippen molar-refractivity contribution in [3.05, 3.63) is 54.4 Å². The highest BCUT2D eigenvalue weighted by atomic mass is 16.5. The Morgan fingerprint density at radius 2 is 1.87 bits per heavy atom. The molecule has 0 aliphatic heterocycles. The maximum atomic E-state index is 5.04. The second-order valence-electron chi connectivity index (χ2n) is 3.55. The Morgan fingerprint density at radius 3 is 2.73 bits per heavy atom. The molecule has 1 heteroatoms. The van der Waals surface area contributed by atoms with Crippen LogP contribution in [0.1, 0.15) is 12.0 Å². The van der Waals surface area contributed by atoms with E-state index in [0.717, 1.165) is 13.0 Å². The minimum absolute atomic E-state index is 0.781. The van der Waals surface area contributed by atoms with Gasteiger partial charge in [0.15, 0.2) is 0 Å². The first kappa shape index (κ1) is 10.2. The molecule has 0 amide bonds. The van der Waals surface area contributed by atoms with Crippen LogP contribution in [0, 0.1) is 6.42 Å². The Hall–Kier alpha value is -1.34. The zero-order valence-corrected chi connectivity index (χ0v) is 8.94. The van der Waals surface area contributed by atoms with E-state index in [4.69, 9.17) is 4.74 Å². The van der Waals surface area contributed by atoms with Crippen LogP contribution in [0.2, 0.25) is 0 Å². The first-order valence-corrected chi connectivity index (χ1v) is 5.22. The Balaban J connectivity index is 2.26. The van der Waals surface area contributed by atoms with Crippen molar-refractivity contribution in [1.82, 2.24) is 0 Å². The predicted octanol–water partition coefficient (Wildman–Crippen LogP) is 3.43. The highest BCUT2D eigenvalue weighted by Crippen LogP contribution is 2.20. The largest absolute Gasteiger partial charge is 0.385 e. The van der Waals surface area contributed by atoms with Gasteiger partial charge in [-0.1, -0.05) is 42.5 Å². The van der Waals surface area contributed by atoms with Crippen molar-refractivity contribution < 1.29 is 4.74 Å². The van der Waals surface area contributed by atoms with Gasteiger partial charge in [-0.25, -0.2) is 0 Å². The molecule has 0 bridgehead atoms. The molecular weight excluding hydrogens is 184 g/mol. The van der Waals surface area contributed by atoms with Crippen molar-refractivity contribution in [1.29, 1.82) is 0 Å². The van der Waals surface area contributed by atoms with Gasteiger partial charge in [-0.05, 0) is 29.2 Å². The summed E-state index contributed by atoms with van der Waals surface area (Å²) in [7, 11) is 1.73. The van der Waals surface area contributed by atoms with Gasteiger partial charge in [0.05, 0.1) is 0 Å². The molecule has 0 aromatic heterocycles. The molecule has 1 nitrogen and oxygen atoms in total. The first-order chi connectivity index (χ1) is 7.42. The lowest BCUT2D eigenvalue weighted by Crippen LogP contribution is -1.91. The lowest BCUT2D eigenvalue weighted by molar-refractivity contribution is 0.202. The molecule has 0 aliphatic carbocycles. The number of ether oxygens (including phenoxy) is 1. The van der Waals surface area contributed by atoms with Crippen molar-refractivity contribution in [2.75, 3.05) is 13.7 Å². The van der Waals surface area contributed by atoms with E-state index in [9.17, 15) is 0 Å². The van der Waals surface area contributed by atoms with Crippen LogP contribution in [-0.2, 0) is 4.74 Å². The molecule has 2 aromatic carbocycles. The summed E-state index contributed by atoms with van der Waals surface area (Å²) in [5.41, 5.74) is 1.30. The zero-order chi connectivity index (χ0) is 10.5. The normalized spacial score (nSPS) is 10.7.